The fraction of sp³-hybridized carbons (Fsp3) is 0.250. The predicted molar refractivity (Wildman–Crippen MR) is 87.6 cm³/mol. The lowest BCUT2D eigenvalue weighted by atomic mass is 10.2. The van der Waals surface area contributed by atoms with Crippen LogP contribution in [-0.2, 0) is 10.0 Å². The van der Waals surface area contributed by atoms with Gasteiger partial charge in [-0.3, -0.25) is 4.31 Å². The first-order valence-electron chi connectivity index (χ1n) is 6.72. The number of anilines is 1. The summed E-state index contributed by atoms with van der Waals surface area (Å²) in [6.07, 6.45) is 0. The fourth-order valence-corrected chi connectivity index (χ4v) is 4.22. The number of rotatable bonds is 4. The predicted octanol–water partition coefficient (Wildman–Crippen LogP) is 4.17. The Balaban J connectivity index is 2.58. The van der Waals surface area contributed by atoms with Gasteiger partial charge in [0.25, 0.3) is 10.0 Å². The molecule has 3 nitrogen and oxygen atoms in total. The van der Waals surface area contributed by atoms with E-state index in [4.69, 9.17) is 11.6 Å². The number of halogens is 1. The monoisotopic (exact) mass is 323 g/mol. The lowest BCUT2D eigenvalue weighted by molar-refractivity contribution is 0.591. The van der Waals surface area contributed by atoms with Crippen molar-refractivity contribution in [1.82, 2.24) is 0 Å². The van der Waals surface area contributed by atoms with Crippen LogP contribution in [0.15, 0.2) is 47.4 Å². The number of para-hydroxylation sites is 1. The minimum Gasteiger partial charge on any atom is -0.267 e. The van der Waals surface area contributed by atoms with E-state index in [1.165, 1.54) is 4.31 Å². The largest absolute Gasteiger partial charge is 0.267 e. The zero-order chi connectivity index (χ0) is 15.6. The molecule has 0 amide bonds. The average molecular weight is 324 g/mol. The van der Waals surface area contributed by atoms with Gasteiger partial charge in [0, 0.05) is 11.6 Å². The van der Waals surface area contributed by atoms with Gasteiger partial charge >= 0.3 is 0 Å². The van der Waals surface area contributed by atoms with Crippen LogP contribution < -0.4 is 4.31 Å². The number of hydrogen-bond donors (Lipinski definition) is 0. The van der Waals surface area contributed by atoms with Crippen molar-refractivity contribution in [3.8, 4) is 0 Å². The molecule has 0 unspecified atom stereocenters. The minimum atomic E-state index is -3.60. The van der Waals surface area contributed by atoms with Crippen molar-refractivity contribution >= 4 is 27.3 Å². The van der Waals surface area contributed by atoms with Gasteiger partial charge in [0.1, 0.15) is 0 Å². The molecule has 0 aliphatic rings. The molecule has 2 aromatic rings. The summed E-state index contributed by atoms with van der Waals surface area (Å²) >= 11 is 6.06. The second-order valence-corrected chi connectivity index (χ2v) is 7.11. The highest BCUT2D eigenvalue weighted by atomic mass is 35.5. The molecule has 0 heterocycles. The number of sulfonamides is 1. The summed E-state index contributed by atoms with van der Waals surface area (Å²) in [6.45, 7) is 5.76. The van der Waals surface area contributed by atoms with Crippen LogP contribution in [0.2, 0.25) is 5.02 Å². The van der Waals surface area contributed by atoms with Crippen molar-refractivity contribution in [3.05, 3.63) is 58.6 Å². The maximum atomic E-state index is 12.9. The zero-order valence-corrected chi connectivity index (χ0v) is 13.9. The highest BCUT2D eigenvalue weighted by Gasteiger charge is 2.25. The molecule has 0 aliphatic heterocycles. The normalized spacial score (nSPS) is 11.4. The molecule has 0 saturated heterocycles. The van der Waals surface area contributed by atoms with Crippen LogP contribution in [0.25, 0.3) is 0 Å². The van der Waals surface area contributed by atoms with Crippen LogP contribution in [-0.4, -0.2) is 15.0 Å². The molecule has 0 fully saturated rings. The Morgan fingerprint density at radius 1 is 1.05 bits per heavy atom. The highest BCUT2D eigenvalue weighted by molar-refractivity contribution is 7.92. The van der Waals surface area contributed by atoms with Gasteiger partial charge in [0.15, 0.2) is 0 Å². The summed E-state index contributed by atoms with van der Waals surface area (Å²) < 4.78 is 27.3. The van der Waals surface area contributed by atoms with E-state index in [9.17, 15) is 8.42 Å². The molecular weight excluding hydrogens is 306 g/mol. The molecule has 2 rings (SSSR count). The maximum Gasteiger partial charge on any atom is 0.264 e. The SMILES string of the molecule is CCN(c1ccccc1)S(=O)(=O)c1cc(C)c(Cl)cc1C. The van der Waals surface area contributed by atoms with Gasteiger partial charge in [-0.1, -0.05) is 29.8 Å². The fourth-order valence-electron chi connectivity index (χ4n) is 2.24. The molecule has 0 bridgehead atoms. The Morgan fingerprint density at radius 3 is 2.24 bits per heavy atom. The average Bonchev–Trinajstić information content (AvgIpc) is 2.44. The van der Waals surface area contributed by atoms with Gasteiger partial charge in [-0.2, -0.15) is 0 Å². The molecule has 21 heavy (non-hydrogen) atoms. The first kappa shape index (κ1) is 15.9. The van der Waals surface area contributed by atoms with E-state index < -0.39 is 10.0 Å². The Hall–Kier alpha value is -1.52. The third-order valence-corrected chi connectivity index (χ3v) is 5.81. The summed E-state index contributed by atoms with van der Waals surface area (Å²) in [5, 5.41) is 0.578. The molecule has 0 N–H and O–H groups in total. The smallest absolute Gasteiger partial charge is 0.264 e. The Morgan fingerprint density at radius 2 is 1.67 bits per heavy atom. The topological polar surface area (TPSA) is 37.4 Å². The summed E-state index contributed by atoms with van der Waals surface area (Å²) in [4.78, 5) is 0.301. The van der Waals surface area contributed by atoms with Crippen molar-refractivity contribution in [2.75, 3.05) is 10.8 Å². The molecule has 0 spiro atoms. The second kappa shape index (κ2) is 6.08. The molecule has 0 saturated carbocycles. The van der Waals surface area contributed by atoms with Gasteiger partial charge in [0.2, 0.25) is 0 Å². The lowest BCUT2D eigenvalue weighted by Gasteiger charge is -2.24. The van der Waals surface area contributed by atoms with Gasteiger partial charge in [-0.25, -0.2) is 8.42 Å². The van der Waals surface area contributed by atoms with Crippen LogP contribution in [0.4, 0.5) is 5.69 Å². The standard InChI is InChI=1S/C16H18ClNO2S/c1-4-18(14-8-6-5-7-9-14)21(19,20)16-11-12(2)15(17)10-13(16)3/h5-11H,4H2,1-3H3. The molecule has 2 aromatic carbocycles. The molecule has 0 aromatic heterocycles. The van der Waals surface area contributed by atoms with E-state index in [1.807, 2.05) is 25.1 Å². The summed E-state index contributed by atoms with van der Waals surface area (Å²) in [7, 11) is -3.60. The van der Waals surface area contributed by atoms with Crippen LogP contribution in [0, 0.1) is 13.8 Å². The summed E-state index contributed by atoms with van der Waals surface area (Å²) in [5.74, 6) is 0. The number of nitrogens with zero attached hydrogens (tertiary/aromatic N) is 1. The second-order valence-electron chi connectivity index (χ2n) is 4.87. The lowest BCUT2D eigenvalue weighted by Crippen LogP contribution is -2.31. The molecular formula is C16H18ClNO2S. The summed E-state index contributed by atoms with van der Waals surface area (Å²) in [6, 6.07) is 12.4. The third-order valence-electron chi connectivity index (χ3n) is 3.36. The third kappa shape index (κ3) is 3.06. The summed E-state index contributed by atoms with van der Waals surface area (Å²) in [5.41, 5.74) is 2.07. The molecule has 112 valence electrons. The molecule has 0 radical (unpaired) electrons. The van der Waals surface area contributed by atoms with Crippen LogP contribution in [0.3, 0.4) is 0 Å². The molecule has 5 heteroatoms. The van der Waals surface area contributed by atoms with Crippen LogP contribution in [0.5, 0.6) is 0 Å². The van der Waals surface area contributed by atoms with Gasteiger partial charge in [-0.15, -0.1) is 0 Å². The van der Waals surface area contributed by atoms with Gasteiger partial charge in [-0.05, 0) is 56.2 Å². The Labute approximate surface area is 131 Å². The highest BCUT2D eigenvalue weighted by Crippen LogP contribution is 2.29. The van der Waals surface area contributed by atoms with E-state index in [0.717, 1.165) is 5.56 Å². The van der Waals surface area contributed by atoms with Crippen LogP contribution >= 0.6 is 11.6 Å². The number of benzene rings is 2. The zero-order valence-electron chi connectivity index (χ0n) is 12.3. The van der Waals surface area contributed by atoms with Crippen molar-refractivity contribution < 1.29 is 8.42 Å². The Bertz CT molecular complexity index is 742. The number of aryl methyl sites for hydroxylation is 2. The first-order valence-corrected chi connectivity index (χ1v) is 8.54. The van der Waals surface area contributed by atoms with E-state index in [1.54, 1.807) is 38.1 Å². The number of hydrogen-bond acceptors (Lipinski definition) is 2. The Kier molecular flexibility index (Phi) is 4.59. The van der Waals surface area contributed by atoms with Crippen molar-refractivity contribution in [2.45, 2.75) is 25.7 Å². The van der Waals surface area contributed by atoms with Crippen molar-refractivity contribution in [1.29, 1.82) is 0 Å². The maximum absolute atomic E-state index is 12.9. The van der Waals surface area contributed by atoms with E-state index in [-0.39, 0.29) is 0 Å². The van der Waals surface area contributed by atoms with Crippen molar-refractivity contribution in [3.63, 3.8) is 0 Å². The van der Waals surface area contributed by atoms with Gasteiger partial charge < -0.3 is 0 Å². The molecule has 0 atom stereocenters. The quantitative estimate of drug-likeness (QED) is 0.846. The van der Waals surface area contributed by atoms with Gasteiger partial charge in [0.05, 0.1) is 10.6 Å². The minimum absolute atomic E-state index is 0.301. The molecule has 0 aliphatic carbocycles. The first-order chi connectivity index (χ1) is 9.87. The van der Waals surface area contributed by atoms with Crippen molar-refractivity contribution in [2.24, 2.45) is 0 Å². The van der Waals surface area contributed by atoms with E-state index in [2.05, 4.69) is 0 Å². The van der Waals surface area contributed by atoms with E-state index in [0.29, 0.717) is 27.7 Å². The van der Waals surface area contributed by atoms with E-state index >= 15 is 0 Å². The van der Waals surface area contributed by atoms with Crippen LogP contribution in [0.1, 0.15) is 18.1 Å².